The first kappa shape index (κ1) is 15.3. The first-order valence-corrected chi connectivity index (χ1v) is 8.85. The minimum Gasteiger partial charge on any atom is -0.393 e. The Bertz CT molecular complexity index is 537. The maximum absolute atomic E-state index is 11.8. The summed E-state index contributed by atoms with van der Waals surface area (Å²) in [6.07, 6.45) is 1.82. The molecule has 0 aromatic heterocycles. The molecule has 1 aromatic rings. The number of hydrogen-bond donors (Lipinski definition) is 1. The summed E-state index contributed by atoms with van der Waals surface area (Å²) < 4.78 is 23.6. The van der Waals surface area contributed by atoms with E-state index in [9.17, 15) is 13.5 Å². The third-order valence-corrected chi connectivity index (χ3v) is 5.83. The van der Waals surface area contributed by atoms with Gasteiger partial charge in [-0.3, -0.25) is 0 Å². The molecule has 1 saturated heterocycles. The van der Waals surface area contributed by atoms with Crippen LogP contribution in [0, 0.1) is 5.92 Å². The second-order valence-electron chi connectivity index (χ2n) is 5.49. The molecule has 1 fully saturated rings. The van der Waals surface area contributed by atoms with Crippen molar-refractivity contribution in [2.75, 3.05) is 23.7 Å². The fourth-order valence-electron chi connectivity index (χ4n) is 2.67. The SMILES string of the molecule is CCS(=O)(=O)c1ccc(N2CCCC(C(C)O)C2)cc1. The molecule has 5 heteroatoms. The van der Waals surface area contributed by atoms with Crippen molar-refractivity contribution in [2.45, 2.75) is 37.7 Å². The predicted molar refractivity (Wildman–Crippen MR) is 80.8 cm³/mol. The van der Waals surface area contributed by atoms with Crippen molar-refractivity contribution in [3.63, 3.8) is 0 Å². The van der Waals surface area contributed by atoms with Crippen LogP contribution in [0.3, 0.4) is 0 Å². The number of rotatable bonds is 4. The van der Waals surface area contributed by atoms with Crippen LogP contribution < -0.4 is 4.90 Å². The molecule has 1 aliphatic rings. The number of sulfone groups is 1. The fraction of sp³-hybridized carbons (Fsp3) is 0.600. The van der Waals surface area contributed by atoms with Crippen LogP contribution in [0.25, 0.3) is 0 Å². The first-order chi connectivity index (χ1) is 9.44. The molecule has 0 bridgehead atoms. The Morgan fingerprint density at radius 1 is 1.35 bits per heavy atom. The molecule has 1 N–H and O–H groups in total. The average molecular weight is 297 g/mol. The van der Waals surface area contributed by atoms with E-state index in [0.717, 1.165) is 31.6 Å². The Morgan fingerprint density at radius 3 is 2.55 bits per heavy atom. The summed E-state index contributed by atoms with van der Waals surface area (Å²) >= 11 is 0. The van der Waals surface area contributed by atoms with Crippen LogP contribution >= 0.6 is 0 Å². The zero-order valence-electron chi connectivity index (χ0n) is 12.1. The van der Waals surface area contributed by atoms with Gasteiger partial charge in [0.05, 0.1) is 16.8 Å². The molecule has 0 saturated carbocycles. The first-order valence-electron chi connectivity index (χ1n) is 7.20. The van der Waals surface area contributed by atoms with Crippen molar-refractivity contribution >= 4 is 15.5 Å². The lowest BCUT2D eigenvalue weighted by Crippen LogP contribution is -2.39. The van der Waals surface area contributed by atoms with Gasteiger partial charge in [0.15, 0.2) is 9.84 Å². The van der Waals surface area contributed by atoms with E-state index in [0.29, 0.717) is 10.8 Å². The largest absolute Gasteiger partial charge is 0.393 e. The molecule has 2 unspecified atom stereocenters. The summed E-state index contributed by atoms with van der Waals surface area (Å²) in [6.45, 7) is 5.28. The van der Waals surface area contributed by atoms with Crippen molar-refractivity contribution in [1.29, 1.82) is 0 Å². The predicted octanol–water partition coefficient (Wildman–Crippen LogP) is 2.08. The van der Waals surface area contributed by atoms with Crippen LogP contribution in [0.5, 0.6) is 0 Å². The van der Waals surface area contributed by atoms with E-state index in [-0.39, 0.29) is 11.9 Å². The molecule has 1 aromatic carbocycles. The molecule has 1 aliphatic heterocycles. The van der Waals surface area contributed by atoms with Crippen LogP contribution in [-0.4, -0.2) is 38.5 Å². The third-order valence-electron chi connectivity index (χ3n) is 4.08. The van der Waals surface area contributed by atoms with E-state index >= 15 is 0 Å². The van der Waals surface area contributed by atoms with Gasteiger partial charge >= 0.3 is 0 Å². The quantitative estimate of drug-likeness (QED) is 0.924. The second-order valence-corrected chi connectivity index (χ2v) is 7.76. The van der Waals surface area contributed by atoms with Crippen molar-refractivity contribution in [1.82, 2.24) is 0 Å². The van der Waals surface area contributed by atoms with Crippen molar-refractivity contribution < 1.29 is 13.5 Å². The molecular formula is C15H23NO3S. The molecule has 2 atom stereocenters. The number of nitrogens with zero attached hydrogens (tertiary/aromatic N) is 1. The maximum atomic E-state index is 11.8. The molecule has 112 valence electrons. The summed E-state index contributed by atoms with van der Waals surface area (Å²) in [6, 6.07) is 7.10. The van der Waals surface area contributed by atoms with Crippen LogP contribution in [0.4, 0.5) is 5.69 Å². The Morgan fingerprint density at radius 2 is 2.00 bits per heavy atom. The van der Waals surface area contributed by atoms with E-state index in [1.165, 1.54) is 0 Å². The van der Waals surface area contributed by atoms with E-state index < -0.39 is 9.84 Å². The monoisotopic (exact) mass is 297 g/mol. The Balaban J connectivity index is 2.14. The molecule has 0 amide bonds. The summed E-state index contributed by atoms with van der Waals surface area (Å²) in [5.41, 5.74) is 1.03. The Kier molecular flexibility index (Phi) is 4.70. The van der Waals surface area contributed by atoms with Gasteiger partial charge < -0.3 is 10.0 Å². The number of aliphatic hydroxyl groups excluding tert-OH is 1. The molecule has 2 rings (SSSR count). The lowest BCUT2D eigenvalue weighted by atomic mass is 9.93. The number of hydrogen-bond acceptors (Lipinski definition) is 4. The highest BCUT2D eigenvalue weighted by molar-refractivity contribution is 7.91. The summed E-state index contributed by atoms with van der Waals surface area (Å²) in [5.74, 6) is 0.419. The molecule has 4 nitrogen and oxygen atoms in total. The highest BCUT2D eigenvalue weighted by Gasteiger charge is 2.23. The van der Waals surface area contributed by atoms with Crippen molar-refractivity contribution in [3.8, 4) is 0 Å². The van der Waals surface area contributed by atoms with Gasteiger partial charge in [0.2, 0.25) is 0 Å². The Labute approximate surface area is 121 Å². The van der Waals surface area contributed by atoms with Gasteiger partial charge in [-0.15, -0.1) is 0 Å². The van der Waals surface area contributed by atoms with Crippen LogP contribution in [-0.2, 0) is 9.84 Å². The van der Waals surface area contributed by atoms with Gasteiger partial charge in [-0.05, 0) is 44.0 Å². The molecule has 20 heavy (non-hydrogen) atoms. The Hall–Kier alpha value is -1.07. The van der Waals surface area contributed by atoms with Gasteiger partial charge in [0.1, 0.15) is 0 Å². The fourth-order valence-corrected chi connectivity index (χ4v) is 3.55. The number of benzene rings is 1. The molecule has 0 spiro atoms. The summed E-state index contributed by atoms with van der Waals surface area (Å²) in [7, 11) is -3.13. The van der Waals surface area contributed by atoms with Crippen molar-refractivity contribution in [2.24, 2.45) is 5.92 Å². The summed E-state index contributed by atoms with van der Waals surface area (Å²) in [5, 5.41) is 9.72. The zero-order chi connectivity index (χ0) is 14.8. The van der Waals surface area contributed by atoms with Gasteiger partial charge in [-0.25, -0.2) is 8.42 Å². The normalized spacial score (nSPS) is 21.8. The van der Waals surface area contributed by atoms with Crippen LogP contribution in [0.15, 0.2) is 29.2 Å². The second kappa shape index (κ2) is 6.14. The molecule has 0 aliphatic carbocycles. The van der Waals surface area contributed by atoms with Crippen LogP contribution in [0.1, 0.15) is 26.7 Å². The topological polar surface area (TPSA) is 57.6 Å². The number of piperidine rings is 1. The van der Waals surface area contributed by atoms with E-state index in [1.807, 2.05) is 19.1 Å². The average Bonchev–Trinajstić information content (AvgIpc) is 2.47. The molecular weight excluding hydrogens is 274 g/mol. The smallest absolute Gasteiger partial charge is 0.178 e. The minimum atomic E-state index is -3.13. The van der Waals surface area contributed by atoms with Gasteiger partial charge in [-0.2, -0.15) is 0 Å². The van der Waals surface area contributed by atoms with Gasteiger partial charge in [0, 0.05) is 24.7 Å². The maximum Gasteiger partial charge on any atom is 0.178 e. The lowest BCUT2D eigenvalue weighted by Gasteiger charge is -2.35. The van der Waals surface area contributed by atoms with Gasteiger partial charge in [-0.1, -0.05) is 6.92 Å². The van der Waals surface area contributed by atoms with E-state index in [2.05, 4.69) is 4.90 Å². The lowest BCUT2D eigenvalue weighted by molar-refractivity contribution is 0.115. The highest BCUT2D eigenvalue weighted by atomic mass is 32.2. The van der Waals surface area contributed by atoms with E-state index in [4.69, 9.17) is 0 Å². The third kappa shape index (κ3) is 3.33. The standard InChI is InChI=1S/C15H23NO3S/c1-3-20(18,19)15-8-6-14(7-9-15)16-10-4-5-13(11-16)12(2)17/h6-9,12-13,17H,3-5,10-11H2,1-2H3. The molecule has 1 heterocycles. The zero-order valence-corrected chi connectivity index (χ0v) is 12.9. The summed E-state index contributed by atoms with van der Waals surface area (Å²) in [4.78, 5) is 2.61. The number of anilines is 1. The highest BCUT2D eigenvalue weighted by Crippen LogP contribution is 2.26. The van der Waals surface area contributed by atoms with Crippen molar-refractivity contribution in [3.05, 3.63) is 24.3 Å². The van der Waals surface area contributed by atoms with Gasteiger partial charge in [0.25, 0.3) is 0 Å². The molecule has 0 radical (unpaired) electrons. The van der Waals surface area contributed by atoms with E-state index in [1.54, 1.807) is 19.1 Å². The van der Waals surface area contributed by atoms with Crippen LogP contribution in [0.2, 0.25) is 0 Å². The number of aliphatic hydroxyl groups is 1. The minimum absolute atomic E-state index is 0.125.